The number of carboxylic acids is 1. The number of carboxylic acid groups (broad SMARTS) is 1. The van der Waals surface area contributed by atoms with Crippen LogP contribution >= 0.6 is 0 Å². The molecule has 0 bridgehead atoms. The third-order valence-corrected chi connectivity index (χ3v) is 5.13. The van der Waals surface area contributed by atoms with Crippen LogP contribution in [0.4, 0.5) is 0 Å². The van der Waals surface area contributed by atoms with Crippen molar-refractivity contribution in [3.8, 4) is 11.5 Å². The Bertz CT molecular complexity index is 878. The molecule has 1 N–H and O–H groups in total. The van der Waals surface area contributed by atoms with Gasteiger partial charge in [0, 0.05) is 38.2 Å². The van der Waals surface area contributed by atoms with Crippen molar-refractivity contribution in [3.05, 3.63) is 41.7 Å². The smallest absolute Gasteiger partial charge is 0.308 e. The zero-order valence-corrected chi connectivity index (χ0v) is 15.0. The predicted octanol–water partition coefficient (Wildman–Crippen LogP) is 1.64. The van der Waals surface area contributed by atoms with Crippen molar-refractivity contribution in [2.24, 2.45) is 5.92 Å². The molecular formula is C19H21N3O5. The lowest BCUT2D eigenvalue weighted by Gasteiger charge is -2.17. The molecule has 27 heavy (non-hydrogen) atoms. The van der Waals surface area contributed by atoms with E-state index in [0.29, 0.717) is 31.0 Å². The highest BCUT2D eigenvalue weighted by atomic mass is 16.7. The monoisotopic (exact) mass is 371 g/mol. The fourth-order valence-electron chi connectivity index (χ4n) is 3.70. The van der Waals surface area contributed by atoms with Crippen molar-refractivity contribution in [1.82, 2.24) is 14.7 Å². The van der Waals surface area contributed by atoms with E-state index in [1.54, 1.807) is 21.8 Å². The van der Waals surface area contributed by atoms with Crippen LogP contribution in [0.15, 0.2) is 30.6 Å². The minimum atomic E-state index is -0.893. The summed E-state index contributed by atoms with van der Waals surface area (Å²) < 4.78 is 12.4. The second kappa shape index (κ2) is 6.94. The highest BCUT2D eigenvalue weighted by Gasteiger charge is 2.40. The molecule has 1 aromatic heterocycles. The number of carbonyl (C=O) groups excluding carboxylic acids is 1. The number of rotatable bonds is 5. The molecule has 0 unspecified atom stereocenters. The van der Waals surface area contributed by atoms with Gasteiger partial charge in [-0.15, -0.1) is 0 Å². The summed E-state index contributed by atoms with van der Waals surface area (Å²) in [6.07, 6.45) is 3.92. The van der Waals surface area contributed by atoms with Crippen LogP contribution in [-0.4, -0.2) is 51.5 Å². The molecule has 0 saturated carbocycles. The highest BCUT2D eigenvalue weighted by molar-refractivity contribution is 5.79. The van der Waals surface area contributed by atoms with Crippen molar-refractivity contribution in [1.29, 1.82) is 0 Å². The summed E-state index contributed by atoms with van der Waals surface area (Å²) >= 11 is 0. The average Bonchev–Trinajstić information content (AvgIpc) is 3.37. The van der Waals surface area contributed by atoms with E-state index in [1.807, 2.05) is 25.3 Å². The Hall–Kier alpha value is -3.03. The van der Waals surface area contributed by atoms with E-state index in [9.17, 15) is 14.7 Å². The number of nitrogens with zero attached hydrogens (tertiary/aromatic N) is 3. The van der Waals surface area contributed by atoms with Gasteiger partial charge in [-0.1, -0.05) is 6.07 Å². The Labute approximate surface area is 156 Å². The van der Waals surface area contributed by atoms with Gasteiger partial charge in [-0.3, -0.25) is 14.3 Å². The van der Waals surface area contributed by atoms with Crippen LogP contribution in [0.25, 0.3) is 0 Å². The first-order chi connectivity index (χ1) is 13.0. The number of benzene rings is 1. The summed E-state index contributed by atoms with van der Waals surface area (Å²) in [6.45, 7) is 3.19. The summed E-state index contributed by atoms with van der Waals surface area (Å²) in [7, 11) is 0. The molecule has 2 aromatic rings. The summed E-state index contributed by atoms with van der Waals surface area (Å²) in [5.41, 5.74) is 1.89. The minimum Gasteiger partial charge on any atom is -0.481 e. The largest absolute Gasteiger partial charge is 0.481 e. The first kappa shape index (κ1) is 17.4. The molecule has 2 aliphatic heterocycles. The Kier molecular flexibility index (Phi) is 4.47. The van der Waals surface area contributed by atoms with E-state index in [-0.39, 0.29) is 25.2 Å². The van der Waals surface area contributed by atoms with Crippen LogP contribution in [0.3, 0.4) is 0 Å². The molecule has 1 aromatic carbocycles. The number of fused-ring (bicyclic) bond motifs is 1. The topological polar surface area (TPSA) is 93.9 Å². The van der Waals surface area contributed by atoms with Crippen molar-refractivity contribution in [2.75, 3.05) is 19.9 Å². The molecule has 1 amide bonds. The molecule has 142 valence electrons. The SMILES string of the molecule is Cc1cnn(CCC(=O)N2C[C@@H](C(=O)O)[C@H](c3ccc4c(c3)OCO4)C2)c1. The van der Waals surface area contributed by atoms with Crippen molar-refractivity contribution >= 4 is 11.9 Å². The number of aromatic nitrogens is 2. The second-order valence-electron chi connectivity index (χ2n) is 6.99. The van der Waals surface area contributed by atoms with E-state index >= 15 is 0 Å². The maximum absolute atomic E-state index is 12.6. The Morgan fingerprint density at radius 3 is 2.81 bits per heavy atom. The minimum absolute atomic E-state index is 0.0577. The number of ether oxygens (including phenoxy) is 2. The van der Waals surface area contributed by atoms with Gasteiger partial charge < -0.3 is 19.5 Å². The van der Waals surface area contributed by atoms with Gasteiger partial charge in [-0.2, -0.15) is 5.10 Å². The number of hydrogen-bond donors (Lipinski definition) is 1. The number of amides is 1. The van der Waals surface area contributed by atoms with Gasteiger partial charge >= 0.3 is 5.97 Å². The van der Waals surface area contributed by atoms with Crippen LogP contribution in [-0.2, 0) is 16.1 Å². The van der Waals surface area contributed by atoms with Gasteiger partial charge in [0.1, 0.15) is 0 Å². The quantitative estimate of drug-likeness (QED) is 0.859. The molecular weight excluding hydrogens is 350 g/mol. The number of likely N-dealkylation sites (tertiary alicyclic amines) is 1. The summed E-state index contributed by atoms with van der Waals surface area (Å²) in [5, 5.41) is 13.8. The molecule has 3 heterocycles. The Balaban J connectivity index is 1.46. The van der Waals surface area contributed by atoms with Gasteiger partial charge in [-0.25, -0.2) is 0 Å². The Morgan fingerprint density at radius 1 is 1.26 bits per heavy atom. The highest BCUT2D eigenvalue weighted by Crippen LogP contribution is 2.39. The third-order valence-electron chi connectivity index (χ3n) is 5.13. The average molecular weight is 371 g/mol. The van der Waals surface area contributed by atoms with Crippen molar-refractivity contribution < 1.29 is 24.2 Å². The lowest BCUT2D eigenvalue weighted by molar-refractivity contribution is -0.141. The van der Waals surface area contributed by atoms with E-state index < -0.39 is 11.9 Å². The number of aryl methyl sites for hydroxylation is 2. The van der Waals surface area contributed by atoms with Crippen LogP contribution in [0.5, 0.6) is 11.5 Å². The van der Waals surface area contributed by atoms with Crippen LogP contribution in [0.2, 0.25) is 0 Å². The zero-order valence-electron chi connectivity index (χ0n) is 15.0. The second-order valence-corrected chi connectivity index (χ2v) is 6.99. The zero-order chi connectivity index (χ0) is 19.0. The molecule has 1 fully saturated rings. The maximum Gasteiger partial charge on any atom is 0.308 e. The first-order valence-electron chi connectivity index (χ1n) is 8.90. The lowest BCUT2D eigenvalue weighted by Crippen LogP contribution is -2.30. The molecule has 1 saturated heterocycles. The summed E-state index contributed by atoms with van der Waals surface area (Å²) in [5.74, 6) is -0.580. The molecule has 2 atom stereocenters. The van der Waals surface area contributed by atoms with Gasteiger partial charge in [-0.05, 0) is 30.2 Å². The van der Waals surface area contributed by atoms with Gasteiger partial charge in [0.2, 0.25) is 12.7 Å². The van der Waals surface area contributed by atoms with Crippen LogP contribution in [0, 0.1) is 12.8 Å². The van der Waals surface area contributed by atoms with Gasteiger partial charge in [0.05, 0.1) is 12.1 Å². The standard InChI is InChI=1S/C19H21N3O5/c1-12-7-20-22(8-12)5-4-18(23)21-9-14(15(10-21)19(24)25)13-2-3-16-17(6-13)27-11-26-16/h2-3,6-8,14-15H,4-5,9-11H2,1H3,(H,24,25)/t14-,15+/m0/s1. The first-order valence-corrected chi connectivity index (χ1v) is 8.90. The summed E-state index contributed by atoms with van der Waals surface area (Å²) in [6, 6.07) is 5.47. The van der Waals surface area contributed by atoms with Crippen LogP contribution < -0.4 is 9.47 Å². The molecule has 4 rings (SSSR count). The summed E-state index contributed by atoms with van der Waals surface area (Å²) in [4.78, 5) is 26.0. The lowest BCUT2D eigenvalue weighted by atomic mass is 9.89. The Morgan fingerprint density at radius 2 is 2.07 bits per heavy atom. The van der Waals surface area contributed by atoms with E-state index in [2.05, 4.69) is 5.10 Å². The maximum atomic E-state index is 12.6. The molecule has 2 aliphatic rings. The molecule has 8 heteroatoms. The van der Waals surface area contributed by atoms with Crippen molar-refractivity contribution in [3.63, 3.8) is 0 Å². The fourth-order valence-corrected chi connectivity index (χ4v) is 3.70. The molecule has 0 aliphatic carbocycles. The van der Waals surface area contributed by atoms with Gasteiger partial charge in [0.15, 0.2) is 11.5 Å². The normalized spacial score (nSPS) is 20.9. The third kappa shape index (κ3) is 3.47. The number of aliphatic carboxylic acids is 1. The number of carbonyl (C=O) groups is 2. The van der Waals surface area contributed by atoms with E-state index in [1.165, 1.54) is 0 Å². The molecule has 0 radical (unpaired) electrons. The van der Waals surface area contributed by atoms with E-state index in [0.717, 1.165) is 11.1 Å². The number of hydrogen-bond acceptors (Lipinski definition) is 5. The predicted molar refractivity (Wildman–Crippen MR) is 94.6 cm³/mol. The fraction of sp³-hybridized carbons (Fsp3) is 0.421. The van der Waals surface area contributed by atoms with Crippen molar-refractivity contribution in [2.45, 2.75) is 25.8 Å². The van der Waals surface area contributed by atoms with E-state index in [4.69, 9.17) is 9.47 Å². The van der Waals surface area contributed by atoms with Gasteiger partial charge in [0.25, 0.3) is 0 Å². The molecule has 8 nitrogen and oxygen atoms in total. The molecule has 0 spiro atoms. The van der Waals surface area contributed by atoms with Crippen LogP contribution in [0.1, 0.15) is 23.5 Å².